The molecule has 36 heavy (non-hydrogen) atoms. The number of carbonyl (C=O) groups is 1. The van der Waals surface area contributed by atoms with Gasteiger partial charge in [0.1, 0.15) is 17.8 Å². The Balaban J connectivity index is 1.47. The Hall–Kier alpha value is -2.81. The number of nitrogens with zero attached hydrogens (tertiary/aromatic N) is 4. The topological polar surface area (TPSA) is 171 Å². The van der Waals surface area contributed by atoms with E-state index in [0.717, 1.165) is 0 Å². The number of carbonyl (C=O) groups excluding carboxylic acids is 1. The zero-order valence-electron chi connectivity index (χ0n) is 18.7. The Morgan fingerprint density at radius 3 is 2.72 bits per heavy atom. The molecule has 2 heterocycles. The van der Waals surface area contributed by atoms with Crippen LogP contribution in [0.3, 0.4) is 0 Å². The predicted octanol–water partition coefficient (Wildman–Crippen LogP) is 0.865. The van der Waals surface area contributed by atoms with E-state index in [1.54, 1.807) is 12.3 Å². The number of nitrogens with two attached hydrogens (primary N) is 1. The largest absolute Gasteiger partial charge is 0.390 e. The molecule has 4 atom stereocenters. The molecule has 11 nitrogen and oxygen atoms in total. The molecule has 14 heteroatoms. The van der Waals surface area contributed by atoms with Crippen molar-refractivity contribution in [3.05, 3.63) is 76.3 Å². The minimum Gasteiger partial charge on any atom is -0.390 e. The van der Waals surface area contributed by atoms with E-state index >= 15 is 0 Å². The van der Waals surface area contributed by atoms with Crippen molar-refractivity contribution in [2.45, 2.75) is 31.6 Å². The molecule has 1 aromatic carbocycles. The van der Waals surface area contributed by atoms with E-state index in [4.69, 9.17) is 16.7 Å². The van der Waals surface area contributed by atoms with Gasteiger partial charge in [0.15, 0.2) is 0 Å². The van der Waals surface area contributed by atoms with Crippen LogP contribution in [0.15, 0.2) is 43.0 Å². The fraction of sp³-hybridized carbons (Fsp3) is 0.364. The lowest BCUT2D eigenvalue weighted by atomic mass is 9.95. The summed E-state index contributed by atoms with van der Waals surface area (Å²) in [6.07, 6.45) is 2.16. The fourth-order valence-corrected chi connectivity index (χ4v) is 4.84. The first-order valence-corrected chi connectivity index (χ1v) is 12.7. The second-order valence-electron chi connectivity index (χ2n) is 8.58. The second kappa shape index (κ2) is 10.7. The van der Waals surface area contributed by atoms with Gasteiger partial charge in [-0.05, 0) is 42.5 Å². The number of hydrogen-bond acceptors (Lipinski definition) is 9. The van der Waals surface area contributed by atoms with Crippen LogP contribution in [0.2, 0.25) is 5.02 Å². The summed E-state index contributed by atoms with van der Waals surface area (Å²) in [6.45, 7) is -0.112. The Bertz CT molecular complexity index is 1370. The summed E-state index contributed by atoms with van der Waals surface area (Å²) in [7, 11) is -4.19. The molecule has 0 radical (unpaired) electrons. The summed E-state index contributed by atoms with van der Waals surface area (Å²) in [5.74, 6) is -2.16. The molecule has 1 fully saturated rings. The molecule has 0 spiro atoms. The smallest absolute Gasteiger partial charge is 0.333 e. The highest BCUT2D eigenvalue weighted by Crippen LogP contribution is 2.35. The lowest BCUT2D eigenvalue weighted by Crippen LogP contribution is -2.31. The lowest BCUT2D eigenvalue weighted by molar-refractivity contribution is -0.00334. The first-order valence-electron chi connectivity index (χ1n) is 10.9. The van der Waals surface area contributed by atoms with Crippen molar-refractivity contribution >= 4 is 27.7 Å². The minimum atomic E-state index is -4.19. The average molecular weight is 540 g/mol. The number of benzene rings is 1. The van der Waals surface area contributed by atoms with E-state index in [1.807, 2.05) is 0 Å². The first-order chi connectivity index (χ1) is 17.0. The number of aliphatic hydroxyl groups is 2. The number of aromatic nitrogens is 4. The SMILES string of the molecule is NS(=O)(=O)OC[C@H]1C[C@@H](Cc2ncncc2C(=O)c2ccn(Cc3ccc(F)c(Cl)c3)n2)[C@H](O)[C@@H]1O. The van der Waals surface area contributed by atoms with Crippen molar-refractivity contribution in [1.29, 1.82) is 0 Å². The zero-order valence-corrected chi connectivity index (χ0v) is 20.3. The summed E-state index contributed by atoms with van der Waals surface area (Å²) in [4.78, 5) is 21.3. The van der Waals surface area contributed by atoms with Gasteiger partial charge in [-0.2, -0.15) is 13.5 Å². The summed E-state index contributed by atoms with van der Waals surface area (Å²) < 4.78 is 41.6. The van der Waals surface area contributed by atoms with Crippen LogP contribution in [0.25, 0.3) is 0 Å². The summed E-state index contributed by atoms with van der Waals surface area (Å²) >= 11 is 5.82. The van der Waals surface area contributed by atoms with E-state index in [9.17, 15) is 27.8 Å². The van der Waals surface area contributed by atoms with Crippen LogP contribution < -0.4 is 5.14 Å². The summed E-state index contributed by atoms with van der Waals surface area (Å²) in [5, 5.41) is 29.9. The van der Waals surface area contributed by atoms with Crippen LogP contribution in [-0.2, 0) is 27.5 Å². The lowest BCUT2D eigenvalue weighted by Gasteiger charge is -2.17. The minimum absolute atomic E-state index is 0.0142. The zero-order chi connectivity index (χ0) is 26.0. The van der Waals surface area contributed by atoms with E-state index in [1.165, 1.54) is 35.4 Å². The molecule has 1 aliphatic carbocycles. The van der Waals surface area contributed by atoms with Gasteiger partial charge in [0.2, 0.25) is 5.78 Å². The molecule has 0 aliphatic heterocycles. The molecule has 3 aromatic rings. The van der Waals surface area contributed by atoms with Crippen LogP contribution in [0.4, 0.5) is 4.39 Å². The highest BCUT2D eigenvalue weighted by molar-refractivity contribution is 7.84. The van der Waals surface area contributed by atoms with E-state index in [-0.39, 0.29) is 42.3 Å². The number of ketones is 1. The van der Waals surface area contributed by atoms with Crippen molar-refractivity contribution in [2.24, 2.45) is 17.0 Å². The molecule has 2 aromatic heterocycles. The molecule has 0 saturated heterocycles. The molecule has 1 aliphatic rings. The molecule has 0 unspecified atom stereocenters. The average Bonchev–Trinajstić information content (AvgIpc) is 3.40. The second-order valence-corrected chi connectivity index (χ2v) is 10.2. The summed E-state index contributed by atoms with van der Waals surface area (Å²) in [6, 6.07) is 5.82. The van der Waals surface area contributed by atoms with Crippen LogP contribution in [0.5, 0.6) is 0 Å². The number of rotatable bonds is 9. The molecule has 0 bridgehead atoms. The van der Waals surface area contributed by atoms with Crippen molar-refractivity contribution in [1.82, 2.24) is 19.7 Å². The van der Waals surface area contributed by atoms with Crippen LogP contribution in [-0.4, -0.2) is 63.0 Å². The van der Waals surface area contributed by atoms with Gasteiger partial charge < -0.3 is 10.2 Å². The quantitative estimate of drug-likeness (QED) is 0.334. The van der Waals surface area contributed by atoms with Crippen LogP contribution >= 0.6 is 11.6 Å². The van der Waals surface area contributed by atoms with Gasteiger partial charge in [-0.3, -0.25) is 13.7 Å². The van der Waals surface area contributed by atoms with Gasteiger partial charge in [0.25, 0.3) is 0 Å². The van der Waals surface area contributed by atoms with Crippen LogP contribution in [0, 0.1) is 17.7 Å². The van der Waals surface area contributed by atoms with Gasteiger partial charge in [0.05, 0.1) is 41.6 Å². The molecular weight excluding hydrogens is 517 g/mol. The van der Waals surface area contributed by atoms with Gasteiger partial charge in [0, 0.05) is 18.3 Å². The van der Waals surface area contributed by atoms with Crippen molar-refractivity contribution < 1.29 is 32.0 Å². The molecule has 1 saturated carbocycles. The maximum atomic E-state index is 13.4. The standard InChI is InChI=1S/C22H23ClFN5O6S/c23-16-5-12(1-2-17(16)24)9-29-4-3-18(28-29)22(32)15-8-26-11-27-19(15)7-13-6-14(21(31)20(13)30)10-35-36(25,33)34/h1-5,8,11,13-14,20-21,30-31H,6-7,9-10H2,(H2,25,33,34)/t13-,14+,20-,21+/m0/s1. The third-order valence-corrected chi connectivity index (χ3v) is 6.82. The highest BCUT2D eigenvalue weighted by atomic mass is 35.5. The summed E-state index contributed by atoms with van der Waals surface area (Å²) in [5.41, 5.74) is 1.35. The normalized spacial score (nSPS) is 22.1. The Morgan fingerprint density at radius 1 is 1.25 bits per heavy atom. The van der Waals surface area contributed by atoms with Gasteiger partial charge in [-0.25, -0.2) is 19.5 Å². The number of aliphatic hydroxyl groups excluding tert-OH is 2. The maximum absolute atomic E-state index is 13.4. The first kappa shape index (κ1) is 26.3. The number of hydrogen-bond donors (Lipinski definition) is 3. The Labute approximate surface area is 211 Å². The molecule has 4 N–H and O–H groups in total. The van der Waals surface area contributed by atoms with E-state index < -0.39 is 45.9 Å². The molecule has 192 valence electrons. The molecule has 4 rings (SSSR count). The predicted molar refractivity (Wildman–Crippen MR) is 125 cm³/mol. The van der Waals surface area contributed by atoms with Gasteiger partial charge >= 0.3 is 10.3 Å². The van der Waals surface area contributed by atoms with Gasteiger partial charge in [-0.1, -0.05) is 17.7 Å². The van der Waals surface area contributed by atoms with Gasteiger partial charge in [-0.15, -0.1) is 0 Å². The highest BCUT2D eigenvalue weighted by Gasteiger charge is 2.42. The van der Waals surface area contributed by atoms with E-state index in [2.05, 4.69) is 19.2 Å². The van der Waals surface area contributed by atoms with Crippen LogP contribution in [0.1, 0.15) is 33.7 Å². The Morgan fingerprint density at radius 2 is 2.00 bits per heavy atom. The molecular formula is C22H23ClFN5O6S. The van der Waals surface area contributed by atoms with Crippen molar-refractivity contribution in [2.75, 3.05) is 6.61 Å². The van der Waals surface area contributed by atoms with Crippen molar-refractivity contribution in [3.63, 3.8) is 0 Å². The fourth-order valence-electron chi connectivity index (χ4n) is 4.27. The molecule has 0 amide bonds. The maximum Gasteiger partial charge on any atom is 0.333 e. The van der Waals surface area contributed by atoms with Crippen molar-refractivity contribution in [3.8, 4) is 0 Å². The van der Waals surface area contributed by atoms with E-state index in [0.29, 0.717) is 11.3 Å². The third kappa shape index (κ3) is 6.11. The Kier molecular flexibility index (Phi) is 7.78. The number of halogens is 2. The monoisotopic (exact) mass is 539 g/mol. The third-order valence-electron chi connectivity index (χ3n) is 6.06.